The molecular weight excluding hydrogens is 194 g/mol. The van der Waals surface area contributed by atoms with E-state index in [4.69, 9.17) is 5.73 Å². The normalized spacial score (nSPS) is 12.8. The van der Waals surface area contributed by atoms with Crippen LogP contribution >= 0.6 is 11.3 Å². The van der Waals surface area contributed by atoms with Crippen molar-refractivity contribution < 1.29 is 0 Å². The molecule has 0 saturated carbocycles. The molecule has 3 N–H and O–H groups in total. The summed E-state index contributed by atoms with van der Waals surface area (Å²) >= 11 is 1.66. The molecule has 80 valence electrons. The zero-order valence-electron chi connectivity index (χ0n) is 8.92. The fraction of sp³-hybridized carbons (Fsp3) is 0.700. The van der Waals surface area contributed by atoms with Crippen molar-refractivity contribution in [3.63, 3.8) is 0 Å². The lowest BCUT2D eigenvalue weighted by Gasteiger charge is -2.10. The molecule has 3 nitrogen and oxygen atoms in total. The van der Waals surface area contributed by atoms with E-state index < -0.39 is 0 Å². The number of aryl methyl sites for hydroxylation is 1. The molecule has 0 aliphatic carbocycles. The number of nitrogens with two attached hydrogens (primary N) is 1. The summed E-state index contributed by atoms with van der Waals surface area (Å²) in [5, 5.41) is 6.35. The van der Waals surface area contributed by atoms with Crippen molar-refractivity contribution in [3.05, 3.63) is 11.1 Å². The van der Waals surface area contributed by atoms with Gasteiger partial charge in [-0.25, -0.2) is 4.98 Å². The van der Waals surface area contributed by atoms with E-state index in [0.717, 1.165) is 36.6 Å². The smallest absolute Gasteiger partial charge is 0.182 e. The van der Waals surface area contributed by atoms with Gasteiger partial charge in [-0.3, -0.25) is 0 Å². The maximum Gasteiger partial charge on any atom is 0.182 e. The maximum atomic E-state index is 5.89. The van der Waals surface area contributed by atoms with Crippen LogP contribution in [0.4, 0.5) is 5.13 Å². The average Bonchev–Trinajstić information content (AvgIpc) is 2.63. The fourth-order valence-corrected chi connectivity index (χ4v) is 2.05. The summed E-state index contributed by atoms with van der Waals surface area (Å²) < 4.78 is 0. The van der Waals surface area contributed by atoms with Gasteiger partial charge in [-0.05, 0) is 12.8 Å². The Hall–Kier alpha value is -0.610. The van der Waals surface area contributed by atoms with Crippen LogP contribution in [-0.2, 0) is 6.42 Å². The molecule has 1 unspecified atom stereocenters. The van der Waals surface area contributed by atoms with Gasteiger partial charge >= 0.3 is 0 Å². The lowest BCUT2D eigenvalue weighted by Crippen LogP contribution is -2.28. The molecule has 14 heavy (non-hydrogen) atoms. The van der Waals surface area contributed by atoms with Crippen molar-refractivity contribution in [2.75, 3.05) is 11.9 Å². The van der Waals surface area contributed by atoms with E-state index in [1.165, 1.54) is 0 Å². The minimum Gasteiger partial charge on any atom is -0.360 e. The van der Waals surface area contributed by atoms with Gasteiger partial charge in [0.25, 0.3) is 0 Å². The van der Waals surface area contributed by atoms with Crippen molar-refractivity contribution in [1.82, 2.24) is 4.98 Å². The molecule has 0 spiro atoms. The topological polar surface area (TPSA) is 50.9 Å². The summed E-state index contributed by atoms with van der Waals surface area (Å²) in [7, 11) is 0. The monoisotopic (exact) mass is 213 g/mol. The summed E-state index contributed by atoms with van der Waals surface area (Å²) in [6.07, 6.45) is 3.21. The predicted octanol–water partition coefficient (Wildman–Crippen LogP) is 2.24. The zero-order valence-corrected chi connectivity index (χ0v) is 9.73. The minimum atomic E-state index is 0.244. The van der Waals surface area contributed by atoms with Gasteiger partial charge in [-0.1, -0.05) is 20.3 Å². The van der Waals surface area contributed by atoms with E-state index in [1.807, 2.05) is 0 Å². The molecule has 0 saturated heterocycles. The van der Waals surface area contributed by atoms with Crippen LogP contribution in [0.1, 0.15) is 32.4 Å². The summed E-state index contributed by atoms with van der Waals surface area (Å²) in [5.74, 6) is 0. The molecule has 0 amide bonds. The maximum absolute atomic E-state index is 5.89. The van der Waals surface area contributed by atoms with Crippen molar-refractivity contribution in [2.45, 2.75) is 39.2 Å². The highest BCUT2D eigenvalue weighted by Crippen LogP contribution is 2.15. The van der Waals surface area contributed by atoms with Gasteiger partial charge < -0.3 is 11.1 Å². The number of nitrogens with one attached hydrogen (secondary N) is 1. The summed E-state index contributed by atoms with van der Waals surface area (Å²) in [5.41, 5.74) is 7.04. The lowest BCUT2D eigenvalue weighted by atomic mass is 10.2. The zero-order chi connectivity index (χ0) is 10.4. The molecule has 1 atom stereocenters. The van der Waals surface area contributed by atoms with Crippen LogP contribution in [0.3, 0.4) is 0 Å². The average molecular weight is 213 g/mol. The van der Waals surface area contributed by atoms with Crippen molar-refractivity contribution in [1.29, 1.82) is 0 Å². The van der Waals surface area contributed by atoms with Crippen molar-refractivity contribution >= 4 is 16.5 Å². The first-order valence-corrected chi connectivity index (χ1v) is 6.08. The first kappa shape index (κ1) is 11.5. The Bertz CT molecular complexity index is 260. The van der Waals surface area contributed by atoms with Crippen LogP contribution in [0.2, 0.25) is 0 Å². The van der Waals surface area contributed by atoms with Crippen LogP contribution < -0.4 is 11.1 Å². The minimum absolute atomic E-state index is 0.244. The van der Waals surface area contributed by atoms with Crippen LogP contribution in [0.15, 0.2) is 5.38 Å². The van der Waals surface area contributed by atoms with E-state index in [0.29, 0.717) is 0 Å². The van der Waals surface area contributed by atoms with E-state index in [-0.39, 0.29) is 6.04 Å². The molecule has 0 aromatic carbocycles. The molecule has 1 rings (SSSR count). The standard InChI is InChI=1S/C10H19N3S/c1-3-5-8(11)6-12-10-13-9(4-2)7-14-10/h7-8H,3-6,11H2,1-2H3,(H,12,13). The Morgan fingerprint density at radius 1 is 1.57 bits per heavy atom. The first-order chi connectivity index (χ1) is 6.76. The Kier molecular flexibility index (Phi) is 4.90. The number of rotatable bonds is 6. The van der Waals surface area contributed by atoms with Gasteiger partial charge in [-0.15, -0.1) is 11.3 Å². The van der Waals surface area contributed by atoms with Crippen LogP contribution in [0.25, 0.3) is 0 Å². The molecule has 1 aromatic rings. The molecule has 0 aliphatic heterocycles. The second-order valence-electron chi connectivity index (χ2n) is 3.43. The number of aromatic nitrogens is 1. The number of thiazole rings is 1. The lowest BCUT2D eigenvalue weighted by molar-refractivity contribution is 0.626. The van der Waals surface area contributed by atoms with E-state index in [1.54, 1.807) is 11.3 Å². The Labute approximate surface area is 89.7 Å². The number of nitrogens with zero attached hydrogens (tertiary/aromatic N) is 1. The molecule has 0 radical (unpaired) electrons. The SMILES string of the molecule is CCCC(N)CNc1nc(CC)cs1. The molecule has 0 aliphatic rings. The van der Waals surface area contributed by atoms with Gasteiger partial charge in [0.1, 0.15) is 0 Å². The fourth-order valence-electron chi connectivity index (χ4n) is 1.24. The van der Waals surface area contributed by atoms with Gasteiger partial charge in [0.2, 0.25) is 0 Å². The summed E-state index contributed by atoms with van der Waals surface area (Å²) in [6, 6.07) is 0.244. The van der Waals surface area contributed by atoms with E-state index >= 15 is 0 Å². The van der Waals surface area contributed by atoms with Gasteiger partial charge in [0.05, 0.1) is 5.69 Å². The predicted molar refractivity (Wildman–Crippen MR) is 62.9 cm³/mol. The Morgan fingerprint density at radius 2 is 2.36 bits per heavy atom. The van der Waals surface area contributed by atoms with Gasteiger partial charge in [0, 0.05) is 18.0 Å². The second kappa shape index (κ2) is 5.98. The largest absolute Gasteiger partial charge is 0.360 e. The molecule has 1 heterocycles. The van der Waals surface area contributed by atoms with Crippen LogP contribution in [0.5, 0.6) is 0 Å². The van der Waals surface area contributed by atoms with Crippen molar-refractivity contribution in [3.8, 4) is 0 Å². The number of anilines is 1. The highest BCUT2D eigenvalue weighted by molar-refractivity contribution is 7.13. The molecular formula is C10H19N3S. The number of hydrogen-bond donors (Lipinski definition) is 2. The third-order valence-electron chi connectivity index (χ3n) is 2.09. The molecule has 0 fully saturated rings. The number of hydrogen-bond acceptors (Lipinski definition) is 4. The quantitative estimate of drug-likeness (QED) is 0.762. The highest BCUT2D eigenvalue weighted by Gasteiger charge is 2.03. The van der Waals surface area contributed by atoms with Gasteiger partial charge in [0.15, 0.2) is 5.13 Å². The summed E-state index contributed by atoms with van der Waals surface area (Å²) in [4.78, 5) is 4.41. The highest BCUT2D eigenvalue weighted by atomic mass is 32.1. The van der Waals surface area contributed by atoms with E-state index in [9.17, 15) is 0 Å². The van der Waals surface area contributed by atoms with Crippen LogP contribution in [0, 0.1) is 0 Å². The Balaban J connectivity index is 2.30. The molecule has 1 aromatic heterocycles. The van der Waals surface area contributed by atoms with Crippen LogP contribution in [-0.4, -0.2) is 17.6 Å². The molecule has 0 bridgehead atoms. The first-order valence-electron chi connectivity index (χ1n) is 5.20. The van der Waals surface area contributed by atoms with Gasteiger partial charge in [-0.2, -0.15) is 0 Å². The Morgan fingerprint density at radius 3 is 2.93 bits per heavy atom. The van der Waals surface area contributed by atoms with Crippen molar-refractivity contribution in [2.24, 2.45) is 5.73 Å². The summed E-state index contributed by atoms with van der Waals surface area (Å²) in [6.45, 7) is 5.09. The third-order valence-corrected chi connectivity index (χ3v) is 2.94. The third kappa shape index (κ3) is 3.64. The second-order valence-corrected chi connectivity index (χ2v) is 4.29. The van der Waals surface area contributed by atoms with E-state index in [2.05, 4.69) is 29.5 Å². The molecule has 4 heteroatoms.